The Hall–Kier alpha value is -2.24. The number of anilines is 1. The molecule has 0 saturated carbocycles. The highest BCUT2D eigenvalue weighted by Crippen LogP contribution is 2.19. The van der Waals surface area contributed by atoms with Crippen LogP contribution in [0.5, 0.6) is 0 Å². The third-order valence-corrected chi connectivity index (χ3v) is 4.71. The fraction of sp³-hybridized carbons (Fsp3) is 0.350. The van der Waals surface area contributed by atoms with Crippen molar-refractivity contribution in [1.82, 2.24) is 4.90 Å². The van der Waals surface area contributed by atoms with E-state index < -0.39 is 5.82 Å². The summed E-state index contributed by atoms with van der Waals surface area (Å²) in [5.41, 5.74) is 1.83. The number of rotatable bonds is 5. The summed E-state index contributed by atoms with van der Waals surface area (Å²) < 4.78 is 13.6. The van der Waals surface area contributed by atoms with Gasteiger partial charge >= 0.3 is 0 Å². The molecular weight excluding hydrogens is 319 g/mol. The summed E-state index contributed by atoms with van der Waals surface area (Å²) in [6, 6.07) is 13.5. The summed E-state index contributed by atoms with van der Waals surface area (Å²) in [5.74, 6) is -0.333. The van der Waals surface area contributed by atoms with Crippen LogP contribution in [0.15, 0.2) is 48.5 Å². The number of hydrogen-bond acceptors (Lipinski definition) is 3. The Kier molecular flexibility index (Phi) is 5.79. The van der Waals surface area contributed by atoms with Gasteiger partial charge in [-0.05, 0) is 61.7 Å². The van der Waals surface area contributed by atoms with Gasteiger partial charge in [-0.15, -0.1) is 0 Å². The molecule has 3 rings (SSSR count). The van der Waals surface area contributed by atoms with Crippen molar-refractivity contribution in [3.8, 4) is 0 Å². The van der Waals surface area contributed by atoms with E-state index in [4.69, 9.17) is 0 Å². The number of para-hydroxylation sites is 1. The molecule has 2 N–H and O–H groups in total. The molecule has 1 fully saturated rings. The smallest absolute Gasteiger partial charge is 0.255 e. The predicted molar refractivity (Wildman–Crippen MR) is 95.9 cm³/mol. The van der Waals surface area contributed by atoms with Crippen molar-refractivity contribution in [1.29, 1.82) is 0 Å². The van der Waals surface area contributed by atoms with E-state index in [2.05, 4.69) is 10.2 Å². The van der Waals surface area contributed by atoms with Gasteiger partial charge in [0.1, 0.15) is 5.82 Å². The molecule has 25 heavy (non-hydrogen) atoms. The second-order valence-corrected chi connectivity index (χ2v) is 6.53. The quantitative estimate of drug-likeness (QED) is 0.877. The van der Waals surface area contributed by atoms with Crippen molar-refractivity contribution in [3.05, 3.63) is 65.5 Å². The summed E-state index contributed by atoms with van der Waals surface area (Å²) in [6.45, 7) is 3.09. The minimum atomic E-state index is -0.446. The Balaban J connectivity index is 1.57. The molecule has 0 atom stereocenters. The molecule has 5 heteroatoms. The first-order valence-corrected chi connectivity index (χ1v) is 8.64. The van der Waals surface area contributed by atoms with Gasteiger partial charge in [0, 0.05) is 18.7 Å². The number of benzene rings is 2. The van der Waals surface area contributed by atoms with E-state index in [0.29, 0.717) is 11.5 Å². The fourth-order valence-electron chi connectivity index (χ4n) is 3.10. The van der Waals surface area contributed by atoms with E-state index in [-0.39, 0.29) is 18.2 Å². The van der Waals surface area contributed by atoms with Crippen LogP contribution in [0.25, 0.3) is 0 Å². The lowest BCUT2D eigenvalue weighted by atomic mass is 9.97. The summed E-state index contributed by atoms with van der Waals surface area (Å²) in [6.07, 6.45) is 2.05. The zero-order valence-corrected chi connectivity index (χ0v) is 14.1. The first-order chi connectivity index (χ1) is 12.2. The molecule has 0 unspecified atom stereocenters. The molecule has 0 aromatic heterocycles. The average molecular weight is 342 g/mol. The molecule has 1 saturated heterocycles. The van der Waals surface area contributed by atoms with Crippen LogP contribution >= 0.6 is 0 Å². The van der Waals surface area contributed by atoms with E-state index in [1.54, 1.807) is 24.3 Å². The van der Waals surface area contributed by atoms with Crippen molar-refractivity contribution in [3.63, 3.8) is 0 Å². The molecule has 0 radical (unpaired) electrons. The minimum absolute atomic E-state index is 0.184. The van der Waals surface area contributed by atoms with E-state index in [1.807, 2.05) is 12.1 Å². The maximum atomic E-state index is 13.6. The Bertz CT molecular complexity index is 710. The Labute approximate surface area is 147 Å². The van der Waals surface area contributed by atoms with Crippen molar-refractivity contribution >= 4 is 11.6 Å². The van der Waals surface area contributed by atoms with E-state index in [1.165, 1.54) is 12.1 Å². The summed E-state index contributed by atoms with van der Waals surface area (Å²) in [5, 5.41) is 11.8. The molecule has 2 aromatic rings. The van der Waals surface area contributed by atoms with Gasteiger partial charge in [-0.1, -0.05) is 24.3 Å². The number of aliphatic hydroxyl groups excluding tert-OH is 1. The first kappa shape index (κ1) is 17.6. The number of amides is 1. The number of nitrogens with one attached hydrogen (secondary N) is 1. The average Bonchev–Trinajstić information content (AvgIpc) is 2.65. The SMILES string of the molecule is O=C(Nc1ccccc1F)c1ccc(CN2CCC(CO)CC2)cc1. The third kappa shape index (κ3) is 4.65. The summed E-state index contributed by atoms with van der Waals surface area (Å²) >= 11 is 0. The van der Waals surface area contributed by atoms with Gasteiger partial charge in [-0.2, -0.15) is 0 Å². The number of carbonyl (C=O) groups is 1. The van der Waals surface area contributed by atoms with Crippen LogP contribution in [0.3, 0.4) is 0 Å². The molecule has 4 nitrogen and oxygen atoms in total. The fourth-order valence-corrected chi connectivity index (χ4v) is 3.10. The standard InChI is InChI=1S/C20H23FN2O2/c21-18-3-1-2-4-19(18)22-20(25)17-7-5-15(6-8-17)13-23-11-9-16(14-24)10-12-23/h1-8,16,24H,9-14H2,(H,22,25). The first-order valence-electron chi connectivity index (χ1n) is 8.64. The van der Waals surface area contributed by atoms with Crippen LogP contribution in [0.4, 0.5) is 10.1 Å². The monoisotopic (exact) mass is 342 g/mol. The number of hydrogen-bond donors (Lipinski definition) is 2. The Morgan fingerprint density at radius 2 is 1.80 bits per heavy atom. The molecule has 1 amide bonds. The molecule has 1 heterocycles. The van der Waals surface area contributed by atoms with Crippen molar-refractivity contribution in [2.24, 2.45) is 5.92 Å². The van der Waals surface area contributed by atoms with Gasteiger partial charge < -0.3 is 10.4 Å². The number of nitrogens with zero attached hydrogens (tertiary/aromatic N) is 1. The van der Waals surface area contributed by atoms with Crippen LogP contribution in [0.2, 0.25) is 0 Å². The maximum absolute atomic E-state index is 13.6. The number of carbonyl (C=O) groups excluding carboxylic acids is 1. The highest BCUT2D eigenvalue weighted by atomic mass is 19.1. The third-order valence-electron chi connectivity index (χ3n) is 4.71. The second-order valence-electron chi connectivity index (χ2n) is 6.53. The van der Waals surface area contributed by atoms with Gasteiger partial charge in [-0.25, -0.2) is 4.39 Å². The van der Waals surface area contributed by atoms with Crippen LogP contribution < -0.4 is 5.32 Å². The minimum Gasteiger partial charge on any atom is -0.396 e. The van der Waals surface area contributed by atoms with Crippen molar-refractivity contribution < 1.29 is 14.3 Å². The highest BCUT2D eigenvalue weighted by Gasteiger charge is 2.18. The van der Waals surface area contributed by atoms with E-state index in [0.717, 1.165) is 38.0 Å². The number of likely N-dealkylation sites (tertiary alicyclic amines) is 1. The van der Waals surface area contributed by atoms with Crippen LogP contribution in [0, 0.1) is 11.7 Å². The topological polar surface area (TPSA) is 52.6 Å². The van der Waals surface area contributed by atoms with Gasteiger partial charge in [0.2, 0.25) is 0 Å². The zero-order chi connectivity index (χ0) is 17.6. The molecular formula is C20H23FN2O2. The molecule has 1 aliphatic rings. The normalized spacial score (nSPS) is 15.9. The Morgan fingerprint density at radius 1 is 1.12 bits per heavy atom. The molecule has 2 aromatic carbocycles. The van der Waals surface area contributed by atoms with Crippen molar-refractivity contribution in [2.45, 2.75) is 19.4 Å². The predicted octanol–water partition coefficient (Wildman–Crippen LogP) is 3.28. The van der Waals surface area contributed by atoms with E-state index >= 15 is 0 Å². The highest BCUT2D eigenvalue weighted by molar-refractivity contribution is 6.04. The van der Waals surface area contributed by atoms with Gasteiger partial charge in [-0.3, -0.25) is 9.69 Å². The number of halogens is 1. The molecule has 132 valence electrons. The van der Waals surface area contributed by atoms with E-state index in [9.17, 15) is 14.3 Å². The summed E-state index contributed by atoms with van der Waals surface area (Å²) in [7, 11) is 0. The molecule has 0 spiro atoms. The van der Waals surface area contributed by atoms with Gasteiger partial charge in [0.25, 0.3) is 5.91 Å². The summed E-state index contributed by atoms with van der Waals surface area (Å²) in [4.78, 5) is 14.6. The van der Waals surface area contributed by atoms with Crippen LogP contribution in [-0.4, -0.2) is 35.6 Å². The molecule has 0 aliphatic carbocycles. The lowest BCUT2D eigenvalue weighted by Gasteiger charge is -2.31. The molecule has 1 aliphatic heterocycles. The van der Waals surface area contributed by atoms with Gasteiger partial charge in [0.05, 0.1) is 5.69 Å². The number of piperidine rings is 1. The van der Waals surface area contributed by atoms with Crippen LogP contribution in [0.1, 0.15) is 28.8 Å². The largest absolute Gasteiger partial charge is 0.396 e. The number of aliphatic hydroxyl groups is 1. The van der Waals surface area contributed by atoms with Crippen molar-refractivity contribution in [2.75, 3.05) is 25.0 Å². The maximum Gasteiger partial charge on any atom is 0.255 e. The Morgan fingerprint density at radius 3 is 2.44 bits per heavy atom. The van der Waals surface area contributed by atoms with Crippen LogP contribution in [-0.2, 0) is 6.54 Å². The van der Waals surface area contributed by atoms with Gasteiger partial charge in [0.15, 0.2) is 0 Å². The lowest BCUT2D eigenvalue weighted by molar-refractivity contribution is 0.102. The second kappa shape index (κ2) is 8.23. The molecule has 0 bridgehead atoms. The zero-order valence-electron chi connectivity index (χ0n) is 14.1. The lowest BCUT2D eigenvalue weighted by Crippen LogP contribution is -2.34.